The van der Waals surface area contributed by atoms with Gasteiger partial charge in [-0.2, -0.15) is 13.2 Å². The molecule has 0 aliphatic rings. The van der Waals surface area contributed by atoms with Crippen molar-refractivity contribution in [2.75, 3.05) is 6.54 Å². The van der Waals surface area contributed by atoms with E-state index in [1.54, 1.807) is 0 Å². The van der Waals surface area contributed by atoms with Gasteiger partial charge >= 0.3 is 6.18 Å². The fraction of sp³-hybridized carbons (Fsp3) is 0.235. The highest BCUT2D eigenvalue weighted by molar-refractivity contribution is 5.95. The van der Waals surface area contributed by atoms with Gasteiger partial charge in [-0.25, -0.2) is 0 Å². The lowest BCUT2D eigenvalue weighted by molar-refractivity contribution is -0.385. The van der Waals surface area contributed by atoms with Crippen LogP contribution >= 0.6 is 0 Å². The number of hydrogen-bond acceptors (Lipinski definition) is 4. The molecule has 138 valence electrons. The van der Waals surface area contributed by atoms with Crippen LogP contribution in [0.5, 0.6) is 0 Å². The molecule has 6 nitrogen and oxygen atoms in total. The van der Waals surface area contributed by atoms with Crippen LogP contribution in [0.4, 0.5) is 18.9 Å². The van der Waals surface area contributed by atoms with Crippen molar-refractivity contribution >= 4 is 11.6 Å². The van der Waals surface area contributed by atoms with E-state index >= 15 is 0 Å². The van der Waals surface area contributed by atoms with Crippen molar-refractivity contribution in [3.63, 3.8) is 0 Å². The van der Waals surface area contributed by atoms with Gasteiger partial charge in [0.25, 0.3) is 11.6 Å². The molecule has 2 aromatic rings. The fourth-order valence-corrected chi connectivity index (χ4v) is 2.34. The van der Waals surface area contributed by atoms with Gasteiger partial charge in [0.1, 0.15) is 0 Å². The highest BCUT2D eigenvalue weighted by atomic mass is 19.4. The Morgan fingerprint density at radius 3 is 2.35 bits per heavy atom. The van der Waals surface area contributed by atoms with Crippen LogP contribution < -0.4 is 5.32 Å². The largest absolute Gasteiger partial charge is 0.423 e. The molecule has 2 rings (SSSR count). The first-order valence-electron chi connectivity index (χ1n) is 7.44. The zero-order valence-corrected chi connectivity index (χ0v) is 13.6. The Bertz CT molecular complexity index is 825. The number of nitro groups is 1. The number of alkyl halides is 3. The summed E-state index contributed by atoms with van der Waals surface area (Å²) in [5.74, 6) is -0.966. The molecule has 1 amide bonds. The summed E-state index contributed by atoms with van der Waals surface area (Å²) in [7, 11) is 0. The number of nitro benzene ring substituents is 1. The normalized spacial score (nSPS) is 13.7. The summed E-state index contributed by atoms with van der Waals surface area (Å²) >= 11 is 0. The van der Waals surface area contributed by atoms with Crippen LogP contribution in [0.25, 0.3) is 0 Å². The molecule has 0 fully saturated rings. The topological polar surface area (TPSA) is 92.5 Å². The molecule has 0 heterocycles. The van der Waals surface area contributed by atoms with E-state index in [4.69, 9.17) is 0 Å². The number of aryl methyl sites for hydroxylation is 1. The van der Waals surface area contributed by atoms with Crippen LogP contribution in [0, 0.1) is 17.0 Å². The summed E-state index contributed by atoms with van der Waals surface area (Å²) in [5.41, 5.74) is -3.92. The number of carbonyl (C=O) groups excluding carboxylic acids is 1. The third kappa shape index (κ3) is 3.83. The van der Waals surface area contributed by atoms with Gasteiger partial charge in [0.15, 0.2) is 0 Å². The van der Waals surface area contributed by atoms with Gasteiger partial charge in [-0.05, 0) is 18.6 Å². The molecule has 0 spiro atoms. The molecule has 0 saturated carbocycles. The number of hydrogen-bond donors (Lipinski definition) is 2. The summed E-state index contributed by atoms with van der Waals surface area (Å²) in [6.07, 6.45) is -5.04. The number of amides is 1. The van der Waals surface area contributed by atoms with E-state index in [0.717, 1.165) is 18.2 Å². The van der Waals surface area contributed by atoms with E-state index < -0.39 is 34.7 Å². The Labute approximate surface area is 146 Å². The first-order chi connectivity index (χ1) is 12.1. The molecule has 2 N–H and O–H groups in total. The summed E-state index contributed by atoms with van der Waals surface area (Å²) in [6, 6.07) is 9.89. The molecule has 1 unspecified atom stereocenters. The Hall–Kier alpha value is -2.94. The third-order valence-corrected chi connectivity index (χ3v) is 3.89. The third-order valence-electron chi connectivity index (χ3n) is 3.89. The summed E-state index contributed by atoms with van der Waals surface area (Å²) in [6.45, 7) is 0.332. The van der Waals surface area contributed by atoms with Gasteiger partial charge in [0.2, 0.25) is 5.60 Å². The van der Waals surface area contributed by atoms with Crippen molar-refractivity contribution in [1.82, 2.24) is 5.32 Å². The molecule has 0 saturated heterocycles. The molecule has 0 aliphatic carbocycles. The van der Waals surface area contributed by atoms with Gasteiger partial charge in [-0.1, -0.05) is 36.4 Å². The lowest BCUT2D eigenvalue weighted by atomic mass is 9.93. The fourth-order valence-electron chi connectivity index (χ4n) is 2.34. The van der Waals surface area contributed by atoms with Crippen LogP contribution in [0.2, 0.25) is 0 Å². The average Bonchev–Trinajstić information content (AvgIpc) is 2.59. The first-order valence-corrected chi connectivity index (χ1v) is 7.44. The van der Waals surface area contributed by atoms with Gasteiger partial charge in [-0.3, -0.25) is 14.9 Å². The highest BCUT2D eigenvalue weighted by Crippen LogP contribution is 2.38. The molecular weight excluding hydrogens is 353 g/mol. The minimum absolute atomic E-state index is 0.181. The minimum Gasteiger partial charge on any atom is -0.375 e. The van der Waals surface area contributed by atoms with Crippen LogP contribution in [0.3, 0.4) is 0 Å². The van der Waals surface area contributed by atoms with Crippen molar-refractivity contribution in [2.24, 2.45) is 0 Å². The zero-order chi connectivity index (χ0) is 19.5. The number of benzene rings is 2. The zero-order valence-electron chi connectivity index (χ0n) is 13.6. The summed E-state index contributed by atoms with van der Waals surface area (Å²) in [4.78, 5) is 22.3. The highest BCUT2D eigenvalue weighted by Gasteiger charge is 2.55. The predicted molar refractivity (Wildman–Crippen MR) is 86.6 cm³/mol. The number of aliphatic hydroxyl groups is 1. The Kier molecular flexibility index (Phi) is 5.31. The second-order valence-electron chi connectivity index (χ2n) is 5.67. The van der Waals surface area contributed by atoms with Crippen molar-refractivity contribution in [3.8, 4) is 0 Å². The standard InChI is InChI=1S/C17H15F3N2O4/c1-11-7-8-12(9-14(11)22(25)26)15(23)21-10-16(24,17(18,19)20)13-5-3-2-4-6-13/h2-9,24H,10H2,1H3,(H,21,23). The number of halogens is 3. The van der Waals surface area contributed by atoms with E-state index in [1.807, 2.05) is 5.32 Å². The predicted octanol–water partition coefficient (Wildman–Crippen LogP) is 3.08. The van der Waals surface area contributed by atoms with Gasteiger partial charge in [0, 0.05) is 17.2 Å². The second kappa shape index (κ2) is 7.12. The summed E-state index contributed by atoms with van der Waals surface area (Å²) < 4.78 is 40.1. The molecule has 0 bridgehead atoms. The Morgan fingerprint density at radius 2 is 1.81 bits per heavy atom. The maximum absolute atomic E-state index is 13.4. The van der Waals surface area contributed by atoms with Crippen LogP contribution in [-0.2, 0) is 5.60 Å². The van der Waals surface area contributed by atoms with E-state index in [1.165, 1.54) is 37.3 Å². The second-order valence-corrected chi connectivity index (χ2v) is 5.67. The van der Waals surface area contributed by atoms with E-state index in [2.05, 4.69) is 0 Å². The maximum Gasteiger partial charge on any atom is 0.423 e. The monoisotopic (exact) mass is 368 g/mol. The van der Waals surface area contributed by atoms with Gasteiger partial charge in [-0.15, -0.1) is 0 Å². The van der Waals surface area contributed by atoms with E-state index in [9.17, 15) is 33.2 Å². The molecular formula is C17H15F3N2O4. The molecule has 0 aromatic heterocycles. The Morgan fingerprint density at radius 1 is 1.19 bits per heavy atom. The summed E-state index contributed by atoms with van der Waals surface area (Å²) in [5, 5.41) is 23.1. The van der Waals surface area contributed by atoms with Crippen molar-refractivity contribution in [3.05, 3.63) is 75.3 Å². The maximum atomic E-state index is 13.4. The lowest BCUT2D eigenvalue weighted by Crippen LogP contribution is -2.51. The van der Waals surface area contributed by atoms with Gasteiger partial charge < -0.3 is 10.4 Å². The smallest absolute Gasteiger partial charge is 0.375 e. The molecule has 9 heteroatoms. The molecule has 1 atom stereocenters. The number of carbonyl (C=O) groups is 1. The van der Waals surface area contributed by atoms with E-state index in [-0.39, 0.29) is 11.3 Å². The molecule has 26 heavy (non-hydrogen) atoms. The van der Waals surface area contributed by atoms with Crippen molar-refractivity contribution in [1.29, 1.82) is 0 Å². The minimum atomic E-state index is -5.04. The van der Waals surface area contributed by atoms with Gasteiger partial charge in [0.05, 0.1) is 11.5 Å². The molecule has 0 radical (unpaired) electrons. The van der Waals surface area contributed by atoms with Crippen LogP contribution in [0.15, 0.2) is 48.5 Å². The van der Waals surface area contributed by atoms with E-state index in [0.29, 0.717) is 5.56 Å². The average molecular weight is 368 g/mol. The Balaban J connectivity index is 2.26. The van der Waals surface area contributed by atoms with Crippen molar-refractivity contribution < 1.29 is 28.0 Å². The van der Waals surface area contributed by atoms with Crippen LogP contribution in [-0.4, -0.2) is 28.7 Å². The molecule has 2 aromatic carbocycles. The SMILES string of the molecule is Cc1ccc(C(=O)NCC(O)(c2ccccc2)C(F)(F)F)cc1[N+](=O)[O-]. The lowest BCUT2D eigenvalue weighted by Gasteiger charge is -2.31. The number of rotatable bonds is 5. The van der Waals surface area contributed by atoms with Crippen molar-refractivity contribution in [2.45, 2.75) is 18.7 Å². The van der Waals surface area contributed by atoms with Crippen LogP contribution in [0.1, 0.15) is 21.5 Å². The quantitative estimate of drug-likeness (QED) is 0.627. The number of nitrogens with one attached hydrogen (secondary N) is 1. The molecule has 0 aliphatic heterocycles. The number of nitrogens with zero attached hydrogens (tertiary/aromatic N) is 1. The first kappa shape index (κ1) is 19.4.